The van der Waals surface area contributed by atoms with Gasteiger partial charge in [-0.1, -0.05) is 44.2 Å². The first kappa shape index (κ1) is 21.2. The Labute approximate surface area is 193 Å². The van der Waals surface area contributed by atoms with E-state index in [9.17, 15) is 4.79 Å². The summed E-state index contributed by atoms with van der Waals surface area (Å²) in [6, 6.07) is 14.1. The van der Waals surface area contributed by atoms with Gasteiger partial charge in [0.1, 0.15) is 12.4 Å². The van der Waals surface area contributed by atoms with Gasteiger partial charge in [0.25, 0.3) is 0 Å². The van der Waals surface area contributed by atoms with Crippen molar-refractivity contribution in [3.63, 3.8) is 0 Å². The molecule has 7 heteroatoms. The first-order valence-electron chi connectivity index (χ1n) is 11.2. The van der Waals surface area contributed by atoms with E-state index in [-0.39, 0.29) is 17.7 Å². The first-order valence-corrected chi connectivity index (χ1v) is 11.2. The third-order valence-corrected chi connectivity index (χ3v) is 6.66. The molecule has 33 heavy (non-hydrogen) atoms. The number of hydrogen-bond acceptors (Lipinski definition) is 6. The Balaban J connectivity index is 1.53. The number of rotatable bonds is 5. The number of carbonyl (C=O) groups excluding carboxylic acids is 1. The third kappa shape index (κ3) is 3.67. The number of anilines is 1. The fourth-order valence-corrected chi connectivity index (χ4v) is 4.87. The fraction of sp³-hybridized carbons (Fsp3) is 0.346. The molecule has 2 aliphatic rings. The maximum atomic E-state index is 13.6. The largest absolute Gasteiger partial charge is 0.493 e. The van der Waals surface area contributed by atoms with Gasteiger partial charge in [-0.05, 0) is 47.1 Å². The van der Waals surface area contributed by atoms with Gasteiger partial charge in [0.2, 0.25) is 5.95 Å². The maximum absolute atomic E-state index is 13.6. The highest BCUT2D eigenvalue weighted by molar-refractivity contribution is 6.00. The predicted octanol–water partition coefficient (Wildman–Crippen LogP) is 4.83. The Morgan fingerprint density at radius 3 is 2.42 bits per heavy atom. The quantitative estimate of drug-likeness (QED) is 0.607. The Morgan fingerprint density at radius 1 is 1.00 bits per heavy atom. The maximum Gasteiger partial charge on any atom is 0.226 e. The Hall–Kier alpha value is -3.61. The zero-order valence-corrected chi connectivity index (χ0v) is 19.3. The topological polar surface area (TPSA) is 78.3 Å². The van der Waals surface area contributed by atoms with Gasteiger partial charge in [-0.25, -0.2) is 4.68 Å². The lowest BCUT2D eigenvalue weighted by atomic mass is 9.77. The molecule has 1 N–H and O–H groups in total. The van der Waals surface area contributed by atoms with Gasteiger partial charge in [0, 0.05) is 17.7 Å². The van der Waals surface area contributed by atoms with E-state index < -0.39 is 0 Å². The Morgan fingerprint density at radius 2 is 1.73 bits per heavy atom. The summed E-state index contributed by atoms with van der Waals surface area (Å²) in [5.74, 6) is 2.62. The summed E-state index contributed by atoms with van der Waals surface area (Å²) >= 11 is 0. The molecule has 0 saturated heterocycles. The summed E-state index contributed by atoms with van der Waals surface area (Å²) in [6.07, 6.45) is 2.68. The normalized spacial score (nSPS) is 19.7. The van der Waals surface area contributed by atoms with Gasteiger partial charge in [-0.2, -0.15) is 10.1 Å². The summed E-state index contributed by atoms with van der Waals surface area (Å²) in [5, 5.41) is 7.82. The van der Waals surface area contributed by atoms with Gasteiger partial charge < -0.3 is 14.8 Å². The van der Waals surface area contributed by atoms with Gasteiger partial charge >= 0.3 is 0 Å². The minimum Gasteiger partial charge on any atom is -0.493 e. The van der Waals surface area contributed by atoms with E-state index in [1.807, 2.05) is 22.9 Å². The standard InChI is InChI=1S/C26H28N4O3/c1-15(2)16-5-7-17(8-6-16)25-24-20(29-26-27-14-28-30(25)26)11-19(12-21(24)31)18-9-10-22(32-3)23(13-18)33-4/h5-10,13-15,19,25H,11-12H2,1-4H3,(H,27,28,29)/t19-,25+/m1/s1. The number of carbonyl (C=O) groups is 1. The van der Waals surface area contributed by atoms with Crippen molar-refractivity contribution < 1.29 is 14.3 Å². The molecule has 3 aromatic rings. The summed E-state index contributed by atoms with van der Waals surface area (Å²) in [5.41, 5.74) is 5.06. The number of methoxy groups -OCH3 is 2. The number of nitrogens with zero attached hydrogens (tertiary/aromatic N) is 3. The molecule has 2 aromatic carbocycles. The molecule has 0 bridgehead atoms. The van der Waals surface area contributed by atoms with E-state index in [0.29, 0.717) is 36.2 Å². The summed E-state index contributed by atoms with van der Waals surface area (Å²) < 4.78 is 12.7. The van der Waals surface area contributed by atoms with Crippen LogP contribution in [0.3, 0.4) is 0 Å². The molecule has 0 radical (unpaired) electrons. The Bertz CT molecular complexity index is 1230. The number of ether oxygens (including phenoxy) is 2. The number of hydrogen-bond donors (Lipinski definition) is 1. The fourth-order valence-electron chi connectivity index (χ4n) is 4.87. The van der Waals surface area contributed by atoms with Gasteiger partial charge in [-0.15, -0.1) is 0 Å². The number of nitrogens with one attached hydrogen (secondary N) is 1. The number of ketones is 1. The van der Waals surface area contributed by atoms with Crippen LogP contribution in [-0.4, -0.2) is 34.8 Å². The number of Topliss-reactive ketones (excluding diaryl/α,β-unsaturated/α-hetero) is 1. The van der Waals surface area contributed by atoms with Crippen LogP contribution < -0.4 is 14.8 Å². The minimum atomic E-state index is -0.279. The van der Waals surface area contributed by atoms with Crippen LogP contribution in [0.25, 0.3) is 0 Å². The molecule has 2 heterocycles. The smallest absolute Gasteiger partial charge is 0.226 e. The lowest BCUT2D eigenvalue weighted by Crippen LogP contribution is -2.33. The zero-order valence-electron chi connectivity index (χ0n) is 19.3. The third-order valence-electron chi connectivity index (χ3n) is 6.66. The highest BCUT2D eigenvalue weighted by Gasteiger charge is 2.39. The number of benzene rings is 2. The van der Waals surface area contributed by atoms with E-state index >= 15 is 0 Å². The van der Waals surface area contributed by atoms with Crippen molar-refractivity contribution in [1.82, 2.24) is 14.8 Å². The van der Waals surface area contributed by atoms with Crippen molar-refractivity contribution in [3.05, 3.63) is 76.8 Å². The summed E-state index contributed by atoms with van der Waals surface area (Å²) in [6.45, 7) is 4.35. The van der Waals surface area contributed by atoms with Crippen molar-refractivity contribution in [2.75, 3.05) is 19.5 Å². The molecule has 0 fully saturated rings. The summed E-state index contributed by atoms with van der Waals surface area (Å²) in [7, 11) is 3.24. The molecule has 7 nitrogen and oxygen atoms in total. The Kier molecular flexibility index (Phi) is 5.40. The number of aromatic nitrogens is 3. The minimum absolute atomic E-state index is 0.0435. The van der Waals surface area contributed by atoms with Crippen LogP contribution in [0.1, 0.15) is 61.3 Å². The van der Waals surface area contributed by atoms with Crippen LogP contribution in [0.5, 0.6) is 11.5 Å². The van der Waals surface area contributed by atoms with Crippen LogP contribution in [-0.2, 0) is 4.79 Å². The van der Waals surface area contributed by atoms with Crippen molar-refractivity contribution in [3.8, 4) is 11.5 Å². The van der Waals surface area contributed by atoms with Crippen LogP contribution >= 0.6 is 0 Å². The second-order valence-corrected chi connectivity index (χ2v) is 8.91. The van der Waals surface area contributed by atoms with Gasteiger partial charge in [0.05, 0.1) is 14.2 Å². The SMILES string of the molecule is COc1ccc([C@H]2CC(=O)C3=C(C2)Nc2ncnn2[C@H]3c2ccc(C(C)C)cc2)cc1OC. The molecular formula is C26H28N4O3. The van der Waals surface area contributed by atoms with Crippen molar-refractivity contribution in [1.29, 1.82) is 0 Å². The lowest BCUT2D eigenvalue weighted by molar-refractivity contribution is -0.116. The average molecular weight is 445 g/mol. The van der Waals surface area contributed by atoms with Gasteiger partial charge in [0.15, 0.2) is 17.3 Å². The molecule has 1 aliphatic carbocycles. The molecule has 1 aliphatic heterocycles. The molecule has 5 rings (SSSR count). The highest BCUT2D eigenvalue weighted by Crippen LogP contribution is 2.45. The van der Waals surface area contributed by atoms with Crippen LogP contribution in [0, 0.1) is 0 Å². The molecule has 2 atom stereocenters. The van der Waals surface area contributed by atoms with Crippen LogP contribution in [0.15, 0.2) is 60.1 Å². The predicted molar refractivity (Wildman–Crippen MR) is 126 cm³/mol. The number of allylic oxidation sites excluding steroid dienone is 2. The van der Waals surface area contributed by atoms with E-state index in [2.05, 4.69) is 53.5 Å². The molecular weight excluding hydrogens is 416 g/mol. The molecule has 0 amide bonds. The van der Waals surface area contributed by atoms with Crippen molar-refractivity contribution in [2.45, 2.75) is 44.6 Å². The molecule has 1 aromatic heterocycles. The van der Waals surface area contributed by atoms with Crippen molar-refractivity contribution >= 4 is 11.7 Å². The van der Waals surface area contributed by atoms with E-state index in [0.717, 1.165) is 22.4 Å². The highest BCUT2D eigenvalue weighted by atomic mass is 16.5. The van der Waals surface area contributed by atoms with Crippen LogP contribution in [0.4, 0.5) is 5.95 Å². The van der Waals surface area contributed by atoms with E-state index in [1.54, 1.807) is 14.2 Å². The van der Waals surface area contributed by atoms with Crippen LogP contribution in [0.2, 0.25) is 0 Å². The average Bonchev–Trinajstić information content (AvgIpc) is 3.30. The second-order valence-electron chi connectivity index (χ2n) is 8.91. The van der Waals surface area contributed by atoms with E-state index in [1.165, 1.54) is 11.9 Å². The summed E-state index contributed by atoms with van der Waals surface area (Å²) in [4.78, 5) is 18.0. The molecule has 0 saturated carbocycles. The second kappa shape index (κ2) is 8.39. The van der Waals surface area contributed by atoms with E-state index in [4.69, 9.17) is 9.47 Å². The molecule has 170 valence electrons. The number of fused-ring (bicyclic) bond motifs is 1. The van der Waals surface area contributed by atoms with Crippen molar-refractivity contribution in [2.24, 2.45) is 0 Å². The molecule has 0 spiro atoms. The first-order chi connectivity index (χ1) is 16.0. The monoisotopic (exact) mass is 444 g/mol. The van der Waals surface area contributed by atoms with Gasteiger partial charge in [-0.3, -0.25) is 4.79 Å². The molecule has 0 unspecified atom stereocenters. The lowest BCUT2D eigenvalue weighted by Gasteiger charge is -2.35. The zero-order chi connectivity index (χ0) is 23.1.